The van der Waals surface area contributed by atoms with E-state index >= 15 is 0 Å². The highest BCUT2D eigenvalue weighted by atomic mass is 79.9. The van der Waals surface area contributed by atoms with Gasteiger partial charge < -0.3 is 15.6 Å². The van der Waals surface area contributed by atoms with E-state index in [1.807, 2.05) is 26.8 Å². The van der Waals surface area contributed by atoms with Crippen molar-refractivity contribution in [1.29, 1.82) is 0 Å². The van der Waals surface area contributed by atoms with Crippen LogP contribution in [0.3, 0.4) is 0 Å². The Kier molecular flexibility index (Phi) is 6.34. The van der Waals surface area contributed by atoms with Gasteiger partial charge in [0, 0.05) is 40.8 Å². The number of amides is 1. The molecule has 0 saturated heterocycles. The van der Waals surface area contributed by atoms with Crippen molar-refractivity contribution in [3.63, 3.8) is 0 Å². The van der Waals surface area contributed by atoms with Crippen LogP contribution < -0.4 is 10.5 Å². The topological polar surface area (TPSA) is 88.7 Å². The molecule has 3 N–H and O–H groups in total. The van der Waals surface area contributed by atoms with E-state index in [1.54, 1.807) is 12.3 Å². The van der Waals surface area contributed by atoms with Gasteiger partial charge in [-0.05, 0) is 62.0 Å². The van der Waals surface area contributed by atoms with E-state index in [-0.39, 0.29) is 17.2 Å². The number of nitrogens with two attached hydrogens (primary N) is 1. The van der Waals surface area contributed by atoms with Gasteiger partial charge in [0.25, 0.3) is 0 Å². The number of rotatable bonds is 2. The lowest BCUT2D eigenvalue weighted by molar-refractivity contribution is -0.0369. The van der Waals surface area contributed by atoms with E-state index in [9.17, 15) is 4.79 Å². The number of halogens is 1. The lowest BCUT2D eigenvalue weighted by Gasteiger charge is -2.46. The second kappa shape index (κ2) is 7.96. The van der Waals surface area contributed by atoms with Crippen molar-refractivity contribution in [3.05, 3.63) is 35.0 Å². The molecule has 0 radical (unpaired) electrons. The molecule has 1 aromatic rings. The third-order valence-corrected chi connectivity index (χ3v) is 5.20. The Morgan fingerprint density at radius 3 is 2.65 bits per heavy atom. The second-order valence-corrected chi connectivity index (χ2v) is 8.77. The molecular formula is C19H28BrN3O3. The van der Waals surface area contributed by atoms with Gasteiger partial charge in [-0.15, -0.1) is 6.58 Å². The summed E-state index contributed by atoms with van der Waals surface area (Å²) >= 11 is 3.40. The number of hydrogen-bond acceptors (Lipinski definition) is 4. The Hall–Kier alpha value is -1.60. The molecule has 1 saturated carbocycles. The van der Waals surface area contributed by atoms with E-state index in [2.05, 4.69) is 27.5 Å². The molecule has 1 atom stereocenters. The van der Waals surface area contributed by atoms with E-state index in [4.69, 9.17) is 15.6 Å². The molecule has 0 unspecified atom stereocenters. The van der Waals surface area contributed by atoms with Crippen molar-refractivity contribution in [1.82, 2.24) is 9.88 Å². The van der Waals surface area contributed by atoms with Crippen molar-refractivity contribution >= 4 is 22.0 Å². The number of carboxylic acid groups (broad SMARTS) is 1. The smallest absolute Gasteiger partial charge is 0.408 e. The van der Waals surface area contributed by atoms with Crippen molar-refractivity contribution in [3.8, 4) is 5.88 Å². The van der Waals surface area contributed by atoms with Crippen molar-refractivity contribution < 1.29 is 14.6 Å². The van der Waals surface area contributed by atoms with Crippen LogP contribution in [0.25, 0.3) is 0 Å². The molecule has 7 heteroatoms. The van der Waals surface area contributed by atoms with Crippen molar-refractivity contribution in [2.45, 2.75) is 63.6 Å². The number of ether oxygens (including phenoxy) is 1. The number of pyridine rings is 1. The maximum Gasteiger partial charge on any atom is 0.408 e. The van der Waals surface area contributed by atoms with Gasteiger partial charge in [0.15, 0.2) is 0 Å². The molecule has 1 amide bonds. The Morgan fingerprint density at radius 1 is 1.58 bits per heavy atom. The highest BCUT2D eigenvalue weighted by Crippen LogP contribution is 2.47. The van der Waals surface area contributed by atoms with E-state index < -0.39 is 6.09 Å². The van der Waals surface area contributed by atoms with Crippen LogP contribution >= 0.6 is 15.9 Å². The van der Waals surface area contributed by atoms with Gasteiger partial charge in [-0.1, -0.05) is 6.08 Å². The predicted octanol–water partition coefficient (Wildman–Crippen LogP) is 4.50. The average Bonchev–Trinajstić information content (AvgIpc) is 2.51. The number of carbonyl (C=O) groups is 1. The first-order valence-electron chi connectivity index (χ1n) is 8.79. The highest BCUT2D eigenvalue weighted by molar-refractivity contribution is 9.10. The minimum absolute atomic E-state index is 0.00719. The number of hydrogen-bond donors (Lipinski definition) is 2. The standard InChI is InChI=1S/C11H13BrN2O.C8H15NO2/c12-7-4-8-9(13)5-11(2-1-3-11)15-10(8)14-6-7;1-5-6-9(7(10)11)8(2,3)4/h4,6,9H,1-3,5,13H2;5H,1,6H2,2-4H3,(H,10,11)/t9-;/m0./s1. The quantitative estimate of drug-likeness (QED) is 0.680. The third kappa shape index (κ3) is 4.76. The molecule has 0 bridgehead atoms. The van der Waals surface area contributed by atoms with Crippen LogP contribution in [-0.2, 0) is 0 Å². The SMILES string of the molecule is C=CCN(C(=O)O)C(C)(C)C.N[C@H]1CC2(CCC2)Oc2ncc(Br)cc21. The van der Waals surface area contributed by atoms with Crippen molar-refractivity contribution in [2.75, 3.05) is 6.54 Å². The molecule has 1 aliphatic carbocycles. The van der Waals surface area contributed by atoms with Gasteiger partial charge in [-0.2, -0.15) is 0 Å². The Balaban J connectivity index is 0.000000199. The average molecular weight is 426 g/mol. The Labute approximate surface area is 163 Å². The molecule has 6 nitrogen and oxygen atoms in total. The number of nitrogens with zero attached hydrogens (tertiary/aromatic N) is 2. The molecule has 1 fully saturated rings. The summed E-state index contributed by atoms with van der Waals surface area (Å²) in [6.45, 7) is 9.42. The lowest BCUT2D eigenvalue weighted by Crippen LogP contribution is -2.48. The molecule has 1 spiro atoms. The molecular weight excluding hydrogens is 398 g/mol. The van der Waals surface area contributed by atoms with Gasteiger partial charge in [-0.25, -0.2) is 9.78 Å². The maximum atomic E-state index is 10.6. The highest BCUT2D eigenvalue weighted by Gasteiger charge is 2.45. The summed E-state index contributed by atoms with van der Waals surface area (Å²) in [7, 11) is 0. The first kappa shape index (κ1) is 20.7. The van der Waals surface area contributed by atoms with Gasteiger partial charge in [-0.3, -0.25) is 4.90 Å². The van der Waals surface area contributed by atoms with Crippen molar-refractivity contribution in [2.24, 2.45) is 5.73 Å². The molecule has 1 aliphatic heterocycles. The third-order valence-electron chi connectivity index (χ3n) is 4.77. The maximum absolute atomic E-state index is 10.6. The fourth-order valence-corrected chi connectivity index (χ4v) is 3.55. The van der Waals surface area contributed by atoms with Crippen LogP contribution in [0.2, 0.25) is 0 Å². The van der Waals surface area contributed by atoms with Gasteiger partial charge in [0.1, 0.15) is 5.60 Å². The fourth-order valence-electron chi connectivity index (χ4n) is 3.20. The van der Waals surface area contributed by atoms with E-state index in [0.29, 0.717) is 6.54 Å². The minimum atomic E-state index is -0.905. The zero-order chi connectivity index (χ0) is 19.5. The van der Waals surface area contributed by atoms with Gasteiger partial charge in [0.2, 0.25) is 5.88 Å². The monoisotopic (exact) mass is 425 g/mol. The van der Waals surface area contributed by atoms with Crippen LogP contribution in [0.1, 0.15) is 58.1 Å². The van der Waals surface area contributed by atoms with Gasteiger partial charge in [0.05, 0.1) is 0 Å². The first-order valence-corrected chi connectivity index (χ1v) is 9.59. The summed E-state index contributed by atoms with van der Waals surface area (Å²) in [6.07, 6.45) is 6.87. The molecule has 2 heterocycles. The zero-order valence-corrected chi connectivity index (χ0v) is 17.3. The van der Waals surface area contributed by atoms with Crippen LogP contribution in [-0.4, -0.2) is 38.8 Å². The zero-order valence-electron chi connectivity index (χ0n) is 15.7. The van der Waals surface area contributed by atoms with E-state index in [1.165, 1.54) is 11.3 Å². The Morgan fingerprint density at radius 2 is 2.23 bits per heavy atom. The summed E-state index contributed by atoms with van der Waals surface area (Å²) in [6, 6.07) is 2.08. The lowest BCUT2D eigenvalue weighted by atomic mass is 9.73. The molecule has 2 aliphatic rings. The second-order valence-electron chi connectivity index (χ2n) is 7.85. The molecule has 0 aromatic carbocycles. The summed E-state index contributed by atoms with van der Waals surface area (Å²) in [5, 5.41) is 8.72. The summed E-state index contributed by atoms with van der Waals surface area (Å²) in [5.41, 5.74) is 6.85. The molecule has 1 aromatic heterocycles. The van der Waals surface area contributed by atoms with Crippen LogP contribution in [0.4, 0.5) is 4.79 Å². The predicted molar refractivity (Wildman–Crippen MR) is 105 cm³/mol. The Bertz CT molecular complexity index is 668. The summed E-state index contributed by atoms with van der Waals surface area (Å²) in [4.78, 5) is 16.2. The van der Waals surface area contributed by atoms with Crippen LogP contribution in [0, 0.1) is 0 Å². The van der Waals surface area contributed by atoms with E-state index in [0.717, 1.165) is 35.2 Å². The molecule has 3 rings (SSSR count). The molecule has 144 valence electrons. The normalized spacial score (nSPS) is 20.0. The summed E-state index contributed by atoms with van der Waals surface area (Å²) < 4.78 is 6.93. The minimum Gasteiger partial charge on any atom is -0.471 e. The first-order chi connectivity index (χ1) is 12.1. The van der Waals surface area contributed by atoms with Crippen LogP contribution in [0.15, 0.2) is 29.4 Å². The number of fused-ring (bicyclic) bond motifs is 1. The number of aromatic nitrogens is 1. The van der Waals surface area contributed by atoms with Gasteiger partial charge >= 0.3 is 6.09 Å². The van der Waals surface area contributed by atoms with Crippen LogP contribution in [0.5, 0.6) is 5.88 Å². The summed E-state index contributed by atoms with van der Waals surface area (Å²) in [5.74, 6) is 0.733. The molecule has 26 heavy (non-hydrogen) atoms. The fraction of sp³-hybridized carbons (Fsp3) is 0.579. The largest absolute Gasteiger partial charge is 0.471 e.